The summed E-state index contributed by atoms with van der Waals surface area (Å²) in [7, 11) is 0. The van der Waals surface area contributed by atoms with E-state index in [-0.39, 0.29) is 18.3 Å². The Morgan fingerprint density at radius 1 is 1.17 bits per heavy atom. The minimum Gasteiger partial charge on any atom is -0.351 e. The summed E-state index contributed by atoms with van der Waals surface area (Å²) in [5, 5.41) is 10.6. The summed E-state index contributed by atoms with van der Waals surface area (Å²) in [5.41, 5.74) is 2.52. The van der Waals surface area contributed by atoms with Crippen LogP contribution in [0, 0.1) is 0 Å². The summed E-state index contributed by atoms with van der Waals surface area (Å²) in [6, 6.07) is 7.89. The molecule has 2 rings (SSSR count). The SMILES string of the molecule is CCCNCCNC(=O)c1cnn(-c2ccc(Br)cc2)c1CC.Cl. The molecule has 0 bridgehead atoms. The van der Waals surface area contributed by atoms with Crippen molar-refractivity contribution in [3.8, 4) is 5.69 Å². The molecule has 1 aromatic heterocycles. The van der Waals surface area contributed by atoms with Gasteiger partial charge >= 0.3 is 0 Å². The monoisotopic (exact) mass is 414 g/mol. The molecule has 2 N–H and O–H groups in total. The first-order valence-electron chi connectivity index (χ1n) is 7.99. The molecule has 1 amide bonds. The molecule has 0 spiro atoms. The van der Waals surface area contributed by atoms with Gasteiger partial charge in [-0.2, -0.15) is 5.10 Å². The fourth-order valence-electron chi connectivity index (χ4n) is 2.37. The van der Waals surface area contributed by atoms with Crippen molar-refractivity contribution in [2.45, 2.75) is 26.7 Å². The van der Waals surface area contributed by atoms with Crippen LogP contribution in [0.4, 0.5) is 0 Å². The van der Waals surface area contributed by atoms with E-state index >= 15 is 0 Å². The summed E-state index contributed by atoms with van der Waals surface area (Å²) in [6.07, 6.45) is 3.48. The molecule has 0 saturated heterocycles. The van der Waals surface area contributed by atoms with Gasteiger partial charge in [-0.05, 0) is 43.7 Å². The van der Waals surface area contributed by atoms with Crippen LogP contribution in [0.3, 0.4) is 0 Å². The zero-order valence-corrected chi connectivity index (χ0v) is 16.4. The highest BCUT2D eigenvalue weighted by Gasteiger charge is 2.16. The van der Waals surface area contributed by atoms with E-state index in [0.29, 0.717) is 12.1 Å². The summed E-state index contributed by atoms with van der Waals surface area (Å²) in [4.78, 5) is 12.4. The van der Waals surface area contributed by atoms with Crippen LogP contribution in [0.1, 0.15) is 36.3 Å². The molecule has 0 aliphatic heterocycles. The minimum absolute atomic E-state index is 0. The van der Waals surface area contributed by atoms with Gasteiger partial charge in [0, 0.05) is 17.6 Å². The number of carbonyl (C=O) groups is 1. The van der Waals surface area contributed by atoms with Crippen molar-refractivity contribution in [2.75, 3.05) is 19.6 Å². The van der Waals surface area contributed by atoms with Crippen LogP contribution < -0.4 is 10.6 Å². The van der Waals surface area contributed by atoms with Crippen LogP contribution in [-0.4, -0.2) is 35.3 Å². The number of benzene rings is 1. The predicted octanol–water partition coefficient (Wildman–Crippen LogP) is 3.35. The zero-order chi connectivity index (χ0) is 16.7. The van der Waals surface area contributed by atoms with E-state index in [9.17, 15) is 4.79 Å². The van der Waals surface area contributed by atoms with Gasteiger partial charge in [0.1, 0.15) is 0 Å². The van der Waals surface area contributed by atoms with Gasteiger partial charge in [-0.15, -0.1) is 12.4 Å². The first kappa shape index (κ1) is 20.7. The Morgan fingerprint density at radius 2 is 1.88 bits per heavy atom. The topological polar surface area (TPSA) is 58.9 Å². The molecule has 0 aliphatic carbocycles. The average Bonchev–Trinajstić information content (AvgIpc) is 2.99. The lowest BCUT2D eigenvalue weighted by molar-refractivity contribution is 0.0953. The molecule has 7 heteroatoms. The zero-order valence-electron chi connectivity index (χ0n) is 14.0. The number of aromatic nitrogens is 2. The number of amides is 1. The Bertz CT molecular complexity index is 643. The van der Waals surface area contributed by atoms with Crippen LogP contribution in [0.5, 0.6) is 0 Å². The first-order valence-corrected chi connectivity index (χ1v) is 8.78. The molecular formula is C17H24BrClN4O. The maximum absolute atomic E-state index is 12.4. The molecule has 0 saturated carbocycles. The van der Waals surface area contributed by atoms with Crippen LogP contribution in [0.25, 0.3) is 5.69 Å². The van der Waals surface area contributed by atoms with Crippen molar-refractivity contribution in [3.05, 3.63) is 46.2 Å². The summed E-state index contributed by atoms with van der Waals surface area (Å²) >= 11 is 3.43. The largest absolute Gasteiger partial charge is 0.351 e. The third-order valence-corrected chi connectivity index (χ3v) is 4.06. The van der Waals surface area contributed by atoms with Crippen molar-refractivity contribution in [1.29, 1.82) is 0 Å². The number of rotatable bonds is 8. The Labute approximate surface area is 157 Å². The Morgan fingerprint density at radius 3 is 2.50 bits per heavy atom. The number of nitrogens with one attached hydrogen (secondary N) is 2. The quantitative estimate of drug-likeness (QED) is 0.650. The molecule has 5 nitrogen and oxygen atoms in total. The third-order valence-electron chi connectivity index (χ3n) is 3.53. The molecule has 0 radical (unpaired) electrons. The first-order chi connectivity index (χ1) is 11.2. The van der Waals surface area contributed by atoms with Crippen molar-refractivity contribution < 1.29 is 4.79 Å². The standard InChI is InChI=1S/C17H23BrN4O.ClH/c1-3-9-19-10-11-20-17(23)15-12-21-22(16(15)4-2)14-7-5-13(18)6-8-14;/h5-8,12,19H,3-4,9-11H2,1-2H3,(H,20,23);1H. The van der Waals surface area contributed by atoms with Crippen LogP contribution in [0.15, 0.2) is 34.9 Å². The summed E-state index contributed by atoms with van der Waals surface area (Å²) in [5.74, 6) is -0.0662. The molecular weight excluding hydrogens is 392 g/mol. The van der Waals surface area contributed by atoms with Crippen molar-refractivity contribution in [1.82, 2.24) is 20.4 Å². The molecule has 132 valence electrons. The van der Waals surface area contributed by atoms with Gasteiger partial charge < -0.3 is 10.6 Å². The van der Waals surface area contributed by atoms with Gasteiger partial charge in [0.15, 0.2) is 0 Å². The van der Waals surface area contributed by atoms with Crippen LogP contribution >= 0.6 is 28.3 Å². The van der Waals surface area contributed by atoms with Gasteiger partial charge in [0.25, 0.3) is 5.91 Å². The summed E-state index contributed by atoms with van der Waals surface area (Å²) < 4.78 is 2.85. The van der Waals surface area contributed by atoms with Crippen LogP contribution in [0.2, 0.25) is 0 Å². The molecule has 1 aromatic carbocycles. The molecule has 0 aliphatic rings. The number of carbonyl (C=O) groups excluding carboxylic acids is 1. The fraction of sp³-hybridized carbons (Fsp3) is 0.412. The van der Waals surface area contributed by atoms with Gasteiger partial charge in [-0.25, -0.2) is 4.68 Å². The van der Waals surface area contributed by atoms with Crippen molar-refractivity contribution in [2.24, 2.45) is 0 Å². The minimum atomic E-state index is -0.0662. The van der Waals surface area contributed by atoms with Crippen molar-refractivity contribution >= 4 is 34.2 Å². The second-order valence-corrected chi connectivity index (χ2v) is 6.17. The van der Waals surface area contributed by atoms with Crippen molar-refractivity contribution in [3.63, 3.8) is 0 Å². The summed E-state index contributed by atoms with van der Waals surface area (Å²) in [6.45, 7) is 6.52. The second-order valence-electron chi connectivity index (χ2n) is 5.25. The van der Waals surface area contributed by atoms with E-state index in [0.717, 1.165) is 41.8 Å². The van der Waals surface area contributed by atoms with E-state index < -0.39 is 0 Å². The molecule has 24 heavy (non-hydrogen) atoms. The van der Waals surface area contributed by atoms with Gasteiger partial charge in [0.05, 0.1) is 23.1 Å². The van der Waals surface area contributed by atoms with E-state index in [2.05, 4.69) is 38.6 Å². The lowest BCUT2D eigenvalue weighted by atomic mass is 10.2. The Balaban J connectivity index is 0.00000288. The predicted molar refractivity (Wildman–Crippen MR) is 103 cm³/mol. The smallest absolute Gasteiger partial charge is 0.254 e. The molecule has 0 atom stereocenters. The molecule has 0 fully saturated rings. The number of halogens is 2. The average molecular weight is 416 g/mol. The maximum atomic E-state index is 12.4. The normalized spacial score (nSPS) is 10.3. The highest BCUT2D eigenvalue weighted by atomic mass is 79.9. The van der Waals surface area contributed by atoms with Gasteiger partial charge in [0.2, 0.25) is 0 Å². The van der Waals surface area contributed by atoms with E-state index in [4.69, 9.17) is 0 Å². The third kappa shape index (κ3) is 5.33. The van der Waals surface area contributed by atoms with Crippen LogP contribution in [-0.2, 0) is 6.42 Å². The van der Waals surface area contributed by atoms with Gasteiger partial charge in [-0.3, -0.25) is 4.79 Å². The van der Waals surface area contributed by atoms with E-state index in [1.807, 2.05) is 35.9 Å². The number of nitrogens with zero attached hydrogens (tertiary/aromatic N) is 2. The van der Waals surface area contributed by atoms with E-state index in [1.165, 1.54) is 0 Å². The number of hydrogen-bond donors (Lipinski definition) is 2. The second kappa shape index (κ2) is 10.5. The lowest BCUT2D eigenvalue weighted by Crippen LogP contribution is -2.32. The maximum Gasteiger partial charge on any atom is 0.254 e. The van der Waals surface area contributed by atoms with E-state index in [1.54, 1.807) is 6.20 Å². The Hall–Kier alpha value is -1.37. The fourth-order valence-corrected chi connectivity index (χ4v) is 2.63. The number of hydrogen-bond acceptors (Lipinski definition) is 3. The van der Waals surface area contributed by atoms with Gasteiger partial charge in [-0.1, -0.05) is 29.8 Å². The highest BCUT2D eigenvalue weighted by Crippen LogP contribution is 2.18. The highest BCUT2D eigenvalue weighted by molar-refractivity contribution is 9.10. The molecule has 1 heterocycles. The lowest BCUT2D eigenvalue weighted by Gasteiger charge is -2.09. The molecule has 0 unspecified atom stereocenters. The Kier molecular flexibility index (Phi) is 9.03. The molecule has 2 aromatic rings.